The molecule has 8 nitrogen and oxygen atoms in total. The standard InChI is InChI=1S/C24H15F3N2O6/c1-34-23(33)14-7-5-13(6-8-14)19-10-9-17(35-19)12-18-20(24(25,26)27)28-29(21(18)30)16-4-2-3-15(11-16)22(31)32/h2-12H,1H3,(H,31,32)/p-1/b18-12-. The number of amides is 1. The Balaban J connectivity index is 1.67. The lowest BCUT2D eigenvalue weighted by Gasteiger charge is -2.13. The summed E-state index contributed by atoms with van der Waals surface area (Å²) in [7, 11) is 1.24. The van der Waals surface area contributed by atoms with Crippen LogP contribution in [0.15, 0.2) is 75.8 Å². The van der Waals surface area contributed by atoms with Gasteiger partial charge in [0.15, 0.2) is 5.71 Å². The van der Waals surface area contributed by atoms with Crippen LogP contribution in [0.25, 0.3) is 17.4 Å². The van der Waals surface area contributed by atoms with Crippen molar-refractivity contribution in [2.45, 2.75) is 6.18 Å². The molecular formula is C24H14F3N2O6-. The molecule has 0 saturated heterocycles. The van der Waals surface area contributed by atoms with Crippen LogP contribution in [0, 0.1) is 0 Å². The molecule has 3 aromatic rings. The highest BCUT2D eigenvalue weighted by atomic mass is 19.4. The molecule has 2 aromatic carbocycles. The van der Waals surface area contributed by atoms with Crippen molar-refractivity contribution >= 4 is 35.3 Å². The minimum absolute atomic E-state index is 0.0531. The fraction of sp³-hybridized carbons (Fsp3) is 0.0833. The molecule has 0 atom stereocenters. The molecule has 11 heteroatoms. The molecule has 178 valence electrons. The van der Waals surface area contributed by atoms with E-state index in [0.29, 0.717) is 16.1 Å². The normalized spacial score (nSPS) is 14.9. The number of carboxylic acids is 1. The summed E-state index contributed by atoms with van der Waals surface area (Å²) in [6, 6.07) is 13.6. The second-order valence-electron chi connectivity index (χ2n) is 7.23. The Morgan fingerprint density at radius 2 is 1.77 bits per heavy atom. The van der Waals surface area contributed by atoms with E-state index in [9.17, 15) is 32.7 Å². The number of carbonyl (C=O) groups is 3. The highest BCUT2D eigenvalue weighted by Gasteiger charge is 2.47. The number of ether oxygens (including phenoxy) is 1. The molecule has 2 heterocycles. The number of hydrogen-bond acceptors (Lipinski definition) is 7. The van der Waals surface area contributed by atoms with Gasteiger partial charge in [-0.05, 0) is 48.0 Å². The van der Waals surface area contributed by atoms with E-state index < -0.39 is 35.3 Å². The number of rotatable bonds is 5. The number of carbonyl (C=O) groups excluding carboxylic acids is 3. The molecule has 35 heavy (non-hydrogen) atoms. The number of methoxy groups -OCH3 is 1. The van der Waals surface area contributed by atoms with Gasteiger partial charge in [0.05, 0.1) is 29.9 Å². The van der Waals surface area contributed by atoms with E-state index >= 15 is 0 Å². The van der Waals surface area contributed by atoms with E-state index in [4.69, 9.17) is 4.42 Å². The Morgan fingerprint density at radius 3 is 2.40 bits per heavy atom. The monoisotopic (exact) mass is 483 g/mol. The summed E-state index contributed by atoms with van der Waals surface area (Å²) in [5, 5.41) is 15.0. The average molecular weight is 483 g/mol. The molecule has 4 rings (SSSR count). The highest BCUT2D eigenvalue weighted by Crippen LogP contribution is 2.33. The number of hydrazone groups is 1. The van der Waals surface area contributed by atoms with Crippen LogP contribution in [0.5, 0.6) is 0 Å². The van der Waals surface area contributed by atoms with Crippen molar-refractivity contribution in [3.63, 3.8) is 0 Å². The van der Waals surface area contributed by atoms with Gasteiger partial charge in [-0.25, -0.2) is 4.79 Å². The molecule has 1 amide bonds. The summed E-state index contributed by atoms with van der Waals surface area (Å²) in [4.78, 5) is 35.5. The molecule has 0 aliphatic carbocycles. The fourth-order valence-corrected chi connectivity index (χ4v) is 3.31. The molecular weight excluding hydrogens is 469 g/mol. The van der Waals surface area contributed by atoms with Crippen LogP contribution < -0.4 is 10.1 Å². The van der Waals surface area contributed by atoms with Crippen molar-refractivity contribution in [3.8, 4) is 11.3 Å². The number of anilines is 1. The summed E-state index contributed by atoms with van der Waals surface area (Å²) in [5.74, 6) is -2.98. The van der Waals surface area contributed by atoms with E-state index in [0.717, 1.165) is 12.1 Å². The number of nitrogens with zero attached hydrogens (tertiary/aromatic N) is 2. The summed E-state index contributed by atoms with van der Waals surface area (Å²) in [5.41, 5.74) is -1.90. The second-order valence-corrected chi connectivity index (χ2v) is 7.23. The van der Waals surface area contributed by atoms with Crippen molar-refractivity contribution in [3.05, 3.63) is 83.1 Å². The lowest BCUT2D eigenvalue weighted by molar-refractivity contribution is -0.255. The Morgan fingerprint density at radius 1 is 1.06 bits per heavy atom. The van der Waals surface area contributed by atoms with Crippen LogP contribution in [0.2, 0.25) is 0 Å². The largest absolute Gasteiger partial charge is 0.545 e. The number of halogens is 3. The molecule has 1 aliphatic heterocycles. The van der Waals surface area contributed by atoms with Gasteiger partial charge < -0.3 is 19.1 Å². The molecule has 0 saturated carbocycles. The van der Waals surface area contributed by atoms with Crippen LogP contribution in [0.3, 0.4) is 0 Å². The Hall–Kier alpha value is -4.67. The van der Waals surface area contributed by atoms with Crippen molar-refractivity contribution in [2.24, 2.45) is 5.10 Å². The third-order valence-corrected chi connectivity index (χ3v) is 4.98. The summed E-state index contributed by atoms with van der Waals surface area (Å²) in [6.07, 6.45) is -4.06. The highest BCUT2D eigenvalue weighted by molar-refractivity contribution is 6.34. The first-order valence-corrected chi connectivity index (χ1v) is 9.91. The zero-order valence-corrected chi connectivity index (χ0v) is 17.8. The zero-order chi connectivity index (χ0) is 25.3. The Kier molecular flexibility index (Phi) is 6.00. The third-order valence-electron chi connectivity index (χ3n) is 4.98. The van der Waals surface area contributed by atoms with Crippen molar-refractivity contribution < 1.29 is 41.8 Å². The minimum atomic E-state index is -4.97. The van der Waals surface area contributed by atoms with Gasteiger partial charge in [0, 0.05) is 5.56 Å². The number of alkyl halides is 3. The summed E-state index contributed by atoms with van der Waals surface area (Å²) in [6.45, 7) is 0. The van der Waals surface area contributed by atoms with Gasteiger partial charge in [-0.3, -0.25) is 4.79 Å². The predicted molar refractivity (Wildman–Crippen MR) is 115 cm³/mol. The SMILES string of the molecule is COC(=O)c1ccc(-c2ccc(/C=C3\C(=O)N(c4cccc(C(=O)[O-])c4)N=C3C(F)(F)F)o2)cc1. The number of carboxylic acid groups (broad SMARTS) is 1. The maximum absolute atomic E-state index is 13.7. The van der Waals surface area contributed by atoms with Gasteiger partial charge >= 0.3 is 12.1 Å². The Bertz CT molecular complexity index is 1390. The zero-order valence-electron chi connectivity index (χ0n) is 17.8. The molecule has 1 aliphatic rings. The quantitative estimate of drug-likeness (QED) is 0.406. The summed E-state index contributed by atoms with van der Waals surface area (Å²) < 4.78 is 51.2. The van der Waals surface area contributed by atoms with Gasteiger partial charge in [-0.2, -0.15) is 23.3 Å². The number of furan rings is 1. The average Bonchev–Trinajstić information content (AvgIpc) is 3.44. The van der Waals surface area contributed by atoms with Gasteiger partial charge in [0.25, 0.3) is 5.91 Å². The van der Waals surface area contributed by atoms with Gasteiger partial charge in [-0.1, -0.05) is 24.3 Å². The maximum atomic E-state index is 13.7. The second kappa shape index (κ2) is 8.93. The molecule has 1 aromatic heterocycles. The first-order chi connectivity index (χ1) is 16.6. The van der Waals surface area contributed by atoms with E-state index in [1.54, 1.807) is 12.1 Å². The van der Waals surface area contributed by atoms with Crippen molar-refractivity contribution in [1.82, 2.24) is 0 Å². The number of hydrogen-bond donors (Lipinski definition) is 0. The van der Waals surface area contributed by atoms with Crippen LogP contribution in [-0.4, -0.2) is 36.8 Å². The van der Waals surface area contributed by atoms with Gasteiger partial charge in [0.1, 0.15) is 11.5 Å². The topological polar surface area (TPSA) is 112 Å². The third kappa shape index (κ3) is 4.69. The number of benzene rings is 2. The van der Waals surface area contributed by atoms with Crippen LogP contribution in [0.4, 0.5) is 18.9 Å². The maximum Gasteiger partial charge on any atom is 0.435 e. The minimum Gasteiger partial charge on any atom is -0.545 e. The molecule has 0 radical (unpaired) electrons. The Labute approximate surface area is 195 Å². The molecule has 0 bridgehead atoms. The van der Waals surface area contributed by atoms with E-state index in [1.807, 2.05) is 0 Å². The van der Waals surface area contributed by atoms with E-state index in [-0.39, 0.29) is 22.8 Å². The van der Waals surface area contributed by atoms with Crippen LogP contribution in [0.1, 0.15) is 26.5 Å². The first-order valence-electron chi connectivity index (χ1n) is 9.91. The molecule has 0 N–H and O–H groups in total. The fourth-order valence-electron chi connectivity index (χ4n) is 3.31. The van der Waals surface area contributed by atoms with Crippen LogP contribution in [-0.2, 0) is 9.53 Å². The molecule has 0 unspecified atom stereocenters. The lowest BCUT2D eigenvalue weighted by Crippen LogP contribution is -2.26. The first kappa shape index (κ1) is 23.5. The smallest absolute Gasteiger partial charge is 0.435 e. The van der Waals surface area contributed by atoms with Crippen molar-refractivity contribution in [1.29, 1.82) is 0 Å². The van der Waals surface area contributed by atoms with Crippen molar-refractivity contribution in [2.75, 3.05) is 12.1 Å². The van der Waals surface area contributed by atoms with Gasteiger partial charge in [-0.15, -0.1) is 0 Å². The van der Waals surface area contributed by atoms with E-state index in [1.165, 1.54) is 49.6 Å². The lowest BCUT2D eigenvalue weighted by atomic mass is 10.1. The molecule has 0 fully saturated rings. The molecule has 0 spiro atoms. The number of aromatic carboxylic acids is 1. The van der Waals surface area contributed by atoms with Crippen LogP contribution >= 0.6 is 0 Å². The predicted octanol–water partition coefficient (Wildman–Crippen LogP) is 3.45. The summed E-state index contributed by atoms with van der Waals surface area (Å²) >= 11 is 0. The number of esters is 1. The van der Waals surface area contributed by atoms with E-state index in [2.05, 4.69) is 9.84 Å². The van der Waals surface area contributed by atoms with Gasteiger partial charge in [0.2, 0.25) is 0 Å².